The fraction of sp³-hybridized carbons (Fsp3) is 0. The largest absolute Gasteiger partial charge is 0.380 e. The molecule has 0 radical (unpaired) electrons. The third-order valence-corrected chi connectivity index (χ3v) is 4.41. The number of nitrogens with zero attached hydrogens (tertiary/aromatic N) is 1. The van der Waals surface area contributed by atoms with E-state index < -0.39 is 5.82 Å². The van der Waals surface area contributed by atoms with Crippen molar-refractivity contribution in [1.29, 1.82) is 0 Å². The van der Waals surface area contributed by atoms with Gasteiger partial charge in [0.1, 0.15) is 5.82 Å². The Kier molecular flexibility index (Phi) is 3.41. The minimum Gasteiger partial charge on any atom is -0.380 e. The van der Waals surface area contributed by atoms with Crippen LogP contribution in [0, 0.1) is 5.82 Å². The highest BCUT2D eigenvalue weighted by Gasteiger charge is 2.24. The molecule has 0 aliphatic heterocycles. The van der Waals surface area contributed by atoms with Crippen molar-refractivity contribution in [3.8, 4) is 21.8 Å². The van der Waals surface area contributed by atoms with Crippen LogP contribution < -0.4 is 5.73 Å². The van der Waals surface area contributed by atoms with Crippen LogP contribution in [0.3, 0.4) is 0 Å². The van der Waals surface area contributed by atoms with E-state index in [-0.39, 0.29) is 16.4 Å². The Balaban J connectivity index is 2.31. The molecule has 0 saturated heterocycles. The van der Waals surface area contributed by atoms with Crippen LogP contribution in [-0.4, -0.2) is 5.16 Å². The smallest absolute Gasteiger partial charge is 0.188 e. The lowest BCUT2D eigenvalue weighted by Gasteiger charge is -2.05. The zero-order valence-electron chi connectivity index (χ0n) is 9.86. The van der Waals surface area contributed by atoms with Crippen LogP contribution in [0.1, 0.15) is 0 Å². The Labute approximate surface area is 127 Å². The van der Waals surface area contributed by atoms with Gasteiger partial charge in [0.25, 0.3) is 0 Å². The average molecular weight is 329 g/mol. The number of halogens is 3. The summed E-state index contributed by atoms with van der Waals surface area (Å²) >= 11 is 13.5. The minimum atomic E-state index is -0.499. The highest BCUT2D eigenvalue weighted by atomic mass is 35.5. The molecule has 0 unspecified atom stereocenters. The van der Waals surface area contributed by atoms with E-state index >= 15 is 0 Å². The van der Waals surface area contributed by atoms with E-state index in [1.54, 1.807) is 17.5 Å². The number of rotatable bonds is 2. The Bertz CT molecular complexity index is 764. The summed E-state index contributed by atoms with van der Waals surface area (Å²) < 4.78 is 19.3. The van der Waals surface area contributed by atoms with Crippen molar-refractivity contribution in [3.63, 3.8) is 0 Å². The number of nitrogens with two attached hydrogens (primary N) is 1. The van der Waals surface area contributed by atoms with Crippen molar-refractivity contribution >= 4 is 40.4 Å². The normalized spacial score (nSPS) is 10.9. The Morgan fingerprint density at radius 3 is 2.60 bits per heavy atom. The molecule has 0 atom stereocenters. The van der Waals surface area contributed by atoms with Gasteiger partial charge < -0.3 is 10.3 Å². The molecule has 3 nitrogen and oxygen atoms in total. The summed E-state index contributed by atoms with van der Waals surface area (Å²) in [7, 11) is 0. The predicted molar refractivity (Wildman–Crippen MR) is 79.6 cm³/mol. The molecule has 3 rings (SSSR count). The van der Waals surface area contributed by atoms with Crippen molar-refractivity contribution in [3.05, 3.63) is 45.5 Å². The second-order valence-corrected chi connectivity index (χ2v) is 5.70. The monoisotopic (exact) mass is 328 g/mol. The van der Waals surface area contributed by atoms with E-state index in [4.69, 9.17) is 33.5 Å². The van der Waals surface area contributed by atoms with Crippen molar-refractivity contribution in [1.82, 2.24) is 5.16 Å². The molecule has 0 saturated carbocycles. The quantitative estimate of drug-likeness (QED) is 0.712. The number of anilines is 1. The molecule has 0 bridgehead atoms. The number of hydrogen-bond acceptors (Lipinski definition) is 4. The topological polar surface area (TPSA) is 52.0 Å². The van der Waals surface area contributed by atoms with Crippen molar-refractivity contribution in [2.24, 2.45) is 0 Å². The molecular weight excluding hydrogens is 322 g/mol. The molecule has 102 valence electrons. The fourth-order valence-electron chi connectivity index (χ4n) is 1.89. The Hall–Kier alpha value is -1.56. The minimum absolute atomic E-state index is 0.0662. The molecule has 0 amide bonds. The maximum Gasteiger partial charge on any atom is 0.188 e. The SMILES string of the molecule is Nc1noc(-c2sccc2Cl)c1-c1c(F)cccc1Cl. The summed E-state index contributed by atoms with van der Waals surface area (Å²) in [4.78, 5) is 0.630. The van der Waals surface area contributed by atoms with Crippen LogP contribution in [0.4, 0.5) is 10.2 Å². The average Bonchev–Trinajstić information content (AvgIpc) is 2.97. The molecule has 2 N–H and O–H groups in total. The van der Waals surface area contributed by atoms with Gasteiger partial charge in [-0.1, -0.05) is 34.4 Å². The number of aromatic nitrogens is 1. The van der Waals surface area contributed by atoms with E-state index in [1.807, 2.05) is 0 Å². The maximum atomic E-state index is 14.1. The van der Waals surface area contributed by atoms with Crippen LogP contribution in [0.5, 0.6) is 0 Å². The number of benzene rings is 1. The van der Waals surface area contributed by atoms with Gasteiger partial charge in [-0.25, -0.2) is 4.39 Å². The summed E-state index contributed by atoms with van der Waals surface area (Å²) in [5.74, 6) is -0.118. The van der Waals surface area contributed by atoms with Crippen LogP contribution in [-0.2, 0) is 0 Å². The standard InChI is InChI=1S/C13H7Cl2FN2OS/c14-6-2-1-3-8(16)9(6)10-11(19-18-13(10)17)12-7(15)4-5-20-12/h1-5H,(H2,17,18). The lowest BCUT2D eigenvalue weighted by atomic mass is 10.0. The van der Waals surface area contributed by atoms with E-state index in [2.05, 4.69) is 5.16 Å². The first kappa shape index (κ1) is 13.4. The number of nitrogen functional groups attached to an aromatic ring is 1. The molecule has 7 heteroatoms. The first-order valence-corrected chi connectivity index (χ1v) is 7.16. The van der Waals surface area contributed by atoms with Crippen LogP contribution in [0.2, 0.25) is 10.0 Å². The highest BCUT2D eigenvalue weighted by Crippen LogP contribution is 2.44. The van der Waals surface area contributed by atoms with Gasteiger partial charge in [-0.3, -0.25) is 0 Å². The van der Waals surface area contributed by atoms with Gasteiger partial charge in [0.05, 0.1) is 20.5 Å². The molecule has 0 aliphatic rings. The molecule has 0 spiro atoms. The predicted octanol–water partition coefficient (Wildman–Crippen LogP) is 5.10. The Morgan fingerprint density at radius 1 is 1.15 bits per heavy atom. The van der Waals surface area contributed by atoms with Crippen LogP contribution >= 0.6 is 34.5 Å². The summed E-state index contributed by atoms with van der Waals surface area (Å²) in [6.45, 7) is 0. The van der Waals surface area contributed by atoms with E-state index in [0.29, 0.717) is 21.2 Å². The molecule has 2 heterocycles. The molecule has 20 heavy (non-hydrogen) atoms. The van der Waals surface area contributed by atoms with Crippen LogP contribution in [0.15, 0.2) is 34.2 Å². The van der Waals surface area contributed by atoms with Gasteiger partial charge in [-0.15, -0.1) is 11.3 Å². The van der Waals surface area contributed by atoms with Crippen molar-refractivity contribution < 1.29 is 8.91 Å². The molecule has 3 aromatic rings. The fourth-order valence-corrected chi connectivity index (χ4v) is 3.27. The van der Waals surface area contributed by atoms with Gasteiger partial charge in [-0.05, 0) is 23.6 Å². The van der Waals surface area contributed by atoms with Gasteiger partial charge in [0.15, 0.2) is 11.6 Å². The van der Waals surface area contributed by atoms with Gasteiger partial charge in [0, 0.05) is 5.56 Å². The highest BCUT2D eigenvalue weighted by molar-refractivity contribution is 7.14. The van der Waals surface area contributed by atoms with Crippen LogP contribution in [0.25, 0.3) is 21.8 Å². The van der Waals surface area contributed by atoms with E-state index in [9.17, 15) is 4.39 Å². The first-order valence-electron chi connectivity index (χ1n) is 5.52. The van der Waals surface area contributed by atoms with Crippen molar-refractivity contribution in [2.45, 2.75) is 0 Å². The third kappa shape index (κ3) is 2.08. The maximum absolute atomic E-state index is 14.1. The third-order valence-electron chi connectivity index (χ3n) is 2.75. The zero-order valence-corrected chi connectivity index (χ0v) is 12.2. The lowest BCUT2D eigenvalue weighted by molar-refractivity contribution is 0.437. The summed E-state index contributed by atoms with van der Waals surface area (Å²) in [6, 6.07) is 6.11. The van der Waals surface area contributed by atoms with Gasteiger partial charge in [-0.2, -0.15) is 0 Å². The summed E-state index contributed by atoms with van der Waals surface area (Å²) in [5, 5.41) is 6.21. The lowest BCUT2D eigenvalue weighted by Crippen LogP contribution is -1.92. The van der Waals surface area contributed by atoms with Gasteiger partial charge >= 0.3 is 0 Å². The molecule has 0 fully saturated rings. The van der Waals surface area contributed by atoms with E-state index in [0.717, 1.165) is 0 Å². The number of thiophene rings is 1. The molecule has 1 aromatic carbocycles. The summed E-state index contributed by atoms with van der Waals surface area (Å²) in [5.41, 5.74) is 6.28. The zero-order chi connectivity index (χ0) is 14.3. The van der Waals surface area contributed by atoms with E-state index in [1.165, 1.54) is 23.5 Å². The first-order chi connectivity index (χ1) is 9.59. The number of hydrogen-bond donors (Lipinski definition) is 1. The second kappa shape index (κ2) is 5.09. The summed E-state index contributed by atoms with van der Waals surface area (Å²) in [6.07, 6.45) is 0. The molecular formula is C13H7Cl2FN2OS. The molecule has 2 aromatic heterocycles. The van der Waals surface area contributed by atoms with Gasteiger partial charge in [0.2, 0.25) is 0 Å². The second-order valence-electron chi connectivity index (χ2n) is 3.97. The van der Waals surface area contributed by atoms with Crippen molar-refractivity contribution in [2.75, 3.05) is 5.73 Å². The molecule has 0 aliphatic carbocycles. The Morgan fingerprint density at radius 2 is 1.95 bits per heavy atom.